The third kappa shape index (κ3) is 6.14. The first-order valence-electron chi connectivity index (χ1n) is 22.3. The fourth-order valence-corrected chi connectivity index (χ4v) is 12.4. The van der Waals surface area contributed by atoms with Crippen molar-refractivity contribution < 1.29 is 0 Å². The summed E-state index contributed by atoms with van der Waals surface area (Å²) in [5.74, 6) is 1.64. The van der Waals surface area contributed by atoms with E-state index in [1.807, 2.05) is 6.08 Å². The molecule has 4 bridgehead atoms. The molecule has 0 saturated heterocycles. The highest BCUT2D eigenvalue weighted by atomic mass is 15.2. The molecule has 6 aliphatic carbocycles. The smallest absolute Gasteiger partial charge is 0.0464 e. The lowest BCUT2D eigenvalue weighted by molar-refractivity contribution is -0.0281. The molecule has 290 valence electrons. The maximum absolute atomic E-state index is 4.02. The third-order valence-electron chi connectivity index (χ3n) is 15.2. The van der Waals surface area contributed by atoms with Gasteiger partial charge in [-0.25, -0.2) is 0 Å². The summed E-state index contributed by atoms with van der Waals surface area (Å²) < 4.78 is 0. The predicted molar refractivity (Wildman–Crippen MR) is 244 cm³/mol. The second-order valence-electron chi connectivity index (χ2n) is 18.8. The highest BCUT2D eigenvalue weighted by molar-refractivity contribution is 5.82. The number of rotatable bonds is 12. The Labute approximate surface area is 346 Å². The van der Waals surface area contributed by atoms with Crippen LogP contribution in [-0.4, -0.2) is 0 Å². The molecule has 6 aliphatic rings. The zero-order valence-corrected chi connectivity index (χ0v) is 34.2. The standard InChI is InChI=1S/C56H56N2/c1-3-5-6-40-9-21-49(22-10-40)57(51-27-29-52(30-28-51)58(53-23-15-43-11-13-45(43)32-53)54-24-16-44-12-14-46(44)33-54)50-25-19-48(20-26-50)56-36-41-31-42(37-56)35-55(34-41,38-56)47-17-7-39(4-2)8-18-47/h4,7-10,15-30,32-33,41-42H,2-3,5-6,11-14,31,34-38H2,1H3. The predicted octanol–water partition coefficient (Wildman–Crippen LogP) is 14.6. The molecule has 0 aliphatic heterocycles. The van der Waals surface area contributed by atoms with Gasteiger partial charge < -0.3 is 9.80 Å². The molecule has 58 heavy (non-hydrogen) atoms. The van der Waals surface area contributed by atoms with Crippen LogP contribution in [0.1, 0.15) is 103 Å². The van der Waals surface area contributed by atoms with Crippen LogP contribution in [-0.2, 0) is 42.9 Å². The van der Waals surface area contributed by atoms with Gasteiger partial charge in [0.2, 0.25) is 0 Å². The Morgan fingerprint density at radius 1 is 0.517 bits per heavy atom. The molecule has 4 fully saturated rings. The van der Waals surface area contributed by atoms with Crippen LogP contribution in [0.15, 0.2) is 140 Å². The van der Waals surface area contributed by atoms with Crippen molar-refractivity contribution in [1.82, 2.24) is 0 Å². The van der Waals surface area contributed by atoms with Crippen molar-refractivity contribution in [2.45, 2.75) is 101 Å². The molecule has 2 nitrogen and oxygen atoms in total. The molecular weight excluding hydrogens is 701 g/mol. The Morgan fingerprint density at radius 2 is 0.931 bits per heavy atom. The number of fused-ring (bicyclic) bond motifs is 2. The number of unbranched alkanes of at least 4 members (excludes halogenated alkanes) is 1. The van der Waals surface area contributed by atoms with Gasteiger partial charge in [0.05, 0.1) is 0 Å². The summed E-state index contributed by atoms with van der Waals surface area (Å²) in [6.45, 7) is 6.30. The van der Waals surface area contributed by atoms with Crippen molar-refractivity contribution in [3.63, 3.8) is 0 Å². The van der Waals surface area contributed by atoms with Gasteiger partial charge in [-0.1, -0.05) is 86.7 Å². The first kappa shape index (κ1) is 35.8. The van der Waals surface area contributed by atoms with Gasteiger partial charge in [-0.2, -0.15) is 0 Å². The van der Waals surface area contributed by atoms with E-state index in [1.54, 1.807) is 11.1 Å². The fraction of sp³-hybridized carbons (Fsp3) is 0.321. The van der Waals surface area contributed by atoms with E-state index in [4.69, 9.17) is 0 Å². The van der Waals surface area contributed by atoms with Gasteiger partial charge >= 0.3 is 0 Å². The highest BCUT2D eigenvalue weighted by Crippen LogP contribution is 2.66. The summed E-state index contributed by atoms with van der Waals surface area (Å²) >= 11 is 0. The molecule has 6 aromatic carbocycles. The van der Waals surface area contributed by atoms with Gasteiger partial charge in [0.25, 0.3) is 0 Å². The second kappa shape index (κ2) is 14.2. The quantitative estimate of drug-likeness (QED) is 0.123. The SMILES string of the molecule is C=Cc1ccc(C23CC4CC(C2)CC(c2ccc(N(c5ccc(CCCC)cc5)c5ccc(N(c6ccc7c(c6)CC7)c6ccc7c(c6)CC7)cc5)cc2)(C4)C3)cc1. The summed E-state index contributed by atoms with van der Waals surface area (Å²) in [5.41, 5.74) is 19.6. The minimum absolute atomic E-state index is 0.258. The lowest BCUT2D eigenvalue weighted by Crippen LogP contribution is -2.55. The highest BCUT2D eigenvalue weighted by Gasteiger charge is 2.58. The Bertz CT molecular complexity index is 2400. The molecule has 12 rings (SSSR count). The molecule has 2 heteroatoms. The van der Waals surface area contributed by atoms with Crippen LogP contribution < -0.4 is 9.80 Å². The average Bonchev–Trinajstić information content (AvgIpc) is 3.23. The average molecular weight is 757 g/mol. The first-order valence-corrected chi connectivity index (χ1v) is 22.3. The maximum atomic E-state index is 4.02. The number of benzene rings is 6. The molecule has 0 aromatic heterocycles. The molecule has 0 N–H and O–H groups in total. The Balaban J connectivity index is 0.944. The minimum atomic E-state index is 0.258. The van der Waals surface area contributed by atoms with Crippen LogP contribution in [0.4, 0.5) is 34.1 Å². The minimum Gasteiger partial charge on any atom is -0.311 e. The van der Waals surface area contributed by atoms with E-state index in [1.165, 1.54) is 145 Å². The molecule has 0 spiro atoms. The molecule has 0 radical (unpaired) electrons. The van der Waals surface area contributed by atoms with Gasteiger partial charge in [0.15, 0.2) is 0 Å². The number of hydrogen-bond donors (Lipinski definition) is 0. The van der Waals surface area contributed by atoms with Crippen molar-refractivity contribution in [3.05, 3.63) is 185 Å². The number of hydrogen-bond acceptors (Lipinski definition) is 2. The zero-order valence-electron chi connectivity index (χ0n) is 34.2. The first-order chi connectivity index (χ1) is 28.5. The summed E-state index contributed by atoms with van der Waals surface area (Å²) in [4.78, 5) is 4.94. The summed E-state index contributed by atoms with van der Waals surface area (Å²) in [5, 5.41) is 0. The van der Waals surface area contributed by atoms with Crippen LogP contribution >= 0.6 is 0 Å². The van der Waals surface area contributed by atoms with E-state index in [9.17, 15) is 0 Å². The molecule has 2 atom stereocenters. The van der Waals surface area contributed by atoms with Gasteiger partial charge in [-0.3, -0.25) is 0 Å². The van der Waals surface area contributed by atoms with Crippen LogP contribution in [0.2, 0.25) is 0 Å². The monoisotopic (exact) mass is 756 g/mol. The second-order valence-corrected chi connectivity index (χ2v) is 18.8. The van der Waals surface area contributed by atoms with Crippen LogP contribution in [0.3, 0.4) is 0 Å². The van der Waals surface area contributed by atoms with Gasteiger partial charge in [0, 0.05) is 34.1 Å². The molecule has 2 unspecified atom stereocenters. The van der Waals surface area contributed by atoms with E-state index >= 15 is 0 Å². The maximum Gasteiger partial charge on any atom is 0.0464 e. The zero-order chi connectivity index (χ0) is 38.8. The largest absolute Gasteiger partial charge is 0.311 e. The lowest BCUT2D eigenvalue weighted by atomic mass is 9.42. The summed E-state index contributed by atoms with van der Waals surface area (Å²) in [6.07, 6.45) is 18.4. The molecular formula is C56H56N2. The van der Waals surface area contributed by atoms with Gasteiger partial charge in [0.1, 0.15) is 0 Å². The molecule has 4 saturated carbocycles. The summed E-state index contributed by atoms with van der Waals surface area (Å²) in [7, 11) is 0. The van der Waals surface area contributed by atoms with Crippen LogP contribution in [0.5, 0.6) is 0 Å². The van der Waals surface area contributed by atoms with E-state index in [0.717, 1.165) is 18.3 Å². The number of aryl methyl sites for hydroxylation is 5. The molecule has 0 heterocycles. The van der Waals surface area contributed by atoms with Crippen molar-refractivity contribution in [1.29, 1.82) is 0 Å². The van der Waals surface area contributed by atoms with Crippen molar-refractivity contribution in [2.75, 3.05) is 9.80 Å². The number of anilines is 6. The van der Waals surface area contributed by atoms with Crippen molar-refractivity contribution in [2.24, 2.45) is 11.8 Å². The molecule has 0 amide bonds. The van der Waals surface area contributed by atoms with Crippen molar-refractivity contribution >= 4 is 40.2 Å². The number of nitrogens with zero attached hydrogens (tertiary/aromatic N) is 2. The lowest BCUT2D eigenvalue weighted by Gasteiger charge is -2.63. The van der Waals surface area contributed by atoms with E-state index in [-0.39, 0.29) is 5.41 Å². The molecule has 6 aromatic rings. The van der Waals surface area contributed by atoms with E-state index in [0.29, 0.717) is 5.41 Å². The Morgan fingerprint density at radius 3 is 1.36 bits per heavy atom. The normalized spacial score (nSPS) is 23.3. The Hall–Kier alpha value is -5.34. The third-order valence-corrected chi connectivity index (χ3v) is 15.2. The summed E-state index contributed by atoms with van der Waals surface area (Å²) in [6, 6.07) is 52.2. The topological polar surface area (TPSA) is 6.48 Å². The van der Waals surface area contributed by atoms with Crippen LogP contribution in [0.25, 0.3) is 6.08 Å². The van der Waals surface area contributed by atoms with E-state index in [2.05, 4.69) is 157 Å². The van der Waals surface area contributed by atoms with Gasteiger partial charge in [-0.05, 0) is 217 Å². The van der Waals surface area contributed by atoms with E-state index < -0.39 is 0 Å². The van der Waals surface area contributed by atoms with Crippen LogP contribution in [0, 0.1) is 11.8 Å². The van der Waals surface area contributed by atoms with Gasteiger partial charge in [-0.15, -0.1) is 0 Å². The van der Waals surface area contributed by atoms with Crippen molar-refractivity contribution in [3.8, 4) is 0 Å². The fourth-order valence-electron chi connectivity index (χ4n) is 12.4. The Kier molecular flexibility index (Phi) is 8.76.